The first-order valence-corrected chi connectivity index (χ1v) is 6.90. The monoisotopic (exact) mass is 293 g/mol. The Morgan fingerprint density at radius 3 is 2.90 bits per heavy atom. The van der Waals surface area contributed by atoms with Crippen molar-refractivity contribution in [2.24, 2.45) is 0 Å². The summed E-state index contributed by atoms with van der Waals surface area (Å²) in [7, 11) is 0. The number of aryl methyl sites for hydroxylation is 1. The Kier molecular flexibility index (Phi) is 4.74. The molecule has 0 saturated heterocycles. The summed E-state index contributed by atoms with van der Waals surface area (Å²) in [4.78, 5) is 11.7. The summed E-state index contributed by atoms with van der Waals surface area (Å²) in [5.41, 5.74) is 3.01. The van der Waals surface area contributed by atoms with Crippen LogP contribution in [0, 0.1) is 6.92 Å². The molecule has 1 aromatic carbocycles. The number of benzene rings is 1. The molecule has 0 spiro atoms. The zero-order valence-electron chi connectivity index (χ0n) is 11.5. The number of halogens is 1. The molecule has 0 saturated carbocycles. The number of carbonyl (C=O) groups is 1. The van der Waals surface area contributed by atoms with Gasteiger partial charge in [0.25, 0.3) is 0 Å². The van der Waals surface area contributed by atoms with Gasteiger partial charge >= 0.3 is 5.97 Å². The number of esters is 1. The van der Waals surface area contributed by atoms with Gasteiger partial charge in [-0.3, -0.25) is 0 Å². The lowest BCUT2D eigenvalue weighted by Crippen LogP contribution is -2.10. The molecule has 0 fully saturated rings. The van der Waals surface area contributed by atoms with Crippen LogP contribution in [0.1, 0.15) is 34.2 Å². The van der Waals surface area contributed by atoms with Crippen molar-refractivity contribution in [1.29, 1.82) is 0 Å². The number of hydrogen-bond acceptors (Lipinski definition) is 4. The van der Waals surface area contributed by atoms with Crippen molar-refractivity contribution in [3.05, 3.63) is 46.8 Å². The first-order valence-electron chi connectivity index (χ1n) is 6.36. The van der Waals surface area contributed by atoms with E-state index in [-0.39, 0.29) is 11.6 Å². The second kappa shape index (κ2) is 6.52. The molecule has 20 heavy (non-hydrogen) atoms. The van der Waals surface area contributed by atoms with E-state index in [0.717, 1.165) is 5.56 Å². The molecule has 0 aliphatic rings. The highest BCUT2D eigenvalue weighted by atomic mass is 35.5. The standard InChI is InChI=1S/C14H16ClN3O2/c1-3-20-14(19)13-12(8-15)18(17-16-13)9-11-6-4-5-10(2)7-11/h4-7H,3,8-9H2,1-2H3. The lowest BCUT2D eigenvalue weighted by atomic mass is 10.1. The Bertz CT molecular complexity index is 610. The van der Waals surface area contributed by atoms with Gasteiger partial charge in [-0.15, -0.1) is 16.7 Å². The van der Waals surface area contributed by atoms with E-state index >= 15 is 0 Å². The molecule has 1 heterocycles. The number of carbonyl (C=O) groups excluding carboxylic acids is 1. The van der Waals surface area contributed by atoms with Crippen molar-refractivity contribution in [2.45, 2.75) is 26.3 Å². The molecule has 0 aliphatic carbocycles. The number of ether oxygens (including phenoxy) is 1. The minimum atomic E-state index is -0.487. The molecule has 0 N–H and O–H groups in total. The molecule has 0 aliphatic heterocycles. The Labute approximate surface area is 122 Å². The zero-order valence-corrected chi connectivity index (χ0v) is 12.2. The fraction of sp³-hybridized carbons (Fsp3) is 0.357. The van der Waals surface area contributed by atoms with Crippen molar-refractivity contribution in [3.8, 4) is 0 Å². The fourth-order valence-electron chi connectivity index (χ4n) is 1.93. The largest absolute Gasteiger partial charge is 0.461 e. The average Bonchev–Trinajstić information content (AvgIpc) is 2.82. The quantitative estimate of drug-likeness (QED) is 0.628. The summed E-state index contributed by atoms with van der Waals surface area (Å²) in [6, 6.07) is 8.06. The van der Waals surface area contributed by atoms with Crippen LogP contribution >= 0.6 is 11.6 Å². The molecular formula is C14H16ClN3O2. The van der Waals surface area contributed by atoms with Crippen molar-refractivity contribution < 1.29 is 9.53 Å². The minimum Gasteiger partial charge on any atom is -0.461 e. The van der Waals surface area contributed by atoms with Gasteiger partial charge in [-0.1, -0.05) is 35.0 Å². The smallest absolute Gasteiger partial charge is 0.360 e. The predicted molar refractivity (Wildman–Crippen MR) is 75.8 cm³/mol. The van der Waals surface area contributed by atoms with Gasteiger partial charge in [-0.2, -0.15) is 0 Å². The van der Waals surface area contributed by atoms with Crippen LogP contribution in [0.3, 0.4) is 0 Å². The second-order valence-corrected chi connectivity index (χ2v) is 4.65. The van der Waals surface area contributed by atoms with Crippen LogP contribution in [-0.2, 0) is 17.2 Å². The molecule has 0 bridgehead atoms. The molecule has 0 unspecified atom stereocenters. The normalized spacial score (nSPS) is 10.6. The molecule has 0 atom stereocenters. The number of hydrogen-bond donors (Lipinski definition) is 0. The SMILES string of the molecule is CCOC(=O)c1nnn(Cc2cccc(C)c2)c1CCl. The van der Waals surface area contributed by atoms with Gasteiger partial charge in [0.2, 0.25) is 0 Å². The average molecular weight is 294 g/mol. The number of aromatic nitrogens is 3. The van der Waals surface area contributed by atoms with E-state index in [1.54, 1.807) is 11.6 Å². The summed E-state index contributed by atoms with van der Waals surface area (Å²) in [6.07, 6.45) is 0. The van der Waals surface area contributed by atoms with Crippen molar-refractivity contribution >= 4 is 17.6 Å². The van der Waals surface area contributed by atoms with Crippen LogP contribution in [0.2, 0.25) is 0 Å². The van der Waals surface area contributed by atoms with E-state index in [4.69, 9.17) is 16.3 Å². The van der Waals surface area contributed by atoms with Crippen LogP contribution in [0.5, 0.6) is 0 Å². The van der Waals surface area contributed by atoms with Gasteiger partial charge in [0.05, 0.1) is 24.7 Å². The van der Waals surface area contributed by atoms with Crippen LogP contribution in [0.25, 0.3) is 0 Å². The zero-order chi connectivity index (χ0) is 14.5. The van der Waals surface area contributed by atoms with Gasteiger partial charge < -0.3 is 4.74 Å². The Morgan fingerprint density at radius 2 is 2.25 bits per heavy atom. The minimum absolute atomic E-state index is 0.160. The van der Waals surface area contributed by atoms with E-state index in [2.05, 4.69) is 16.4 Å². The molecule has 0 radical (unpaired) electrons. The maximum absolute atomic E-state index is 11.7. The summed E-state index contributed by atoms with van der Waals surface area (Å²) < 4.78 is 6.57. The summed E-state index contributed by atoms with van der Waals surface area (Å²) in [5, 5.41) is 7.87. The van der Waals surface area contributed by atoms with Gasteiger partial charge in [0.1, 0.15) is 0 Å². The lowest BCUT2D eigenvalue weighted by Gasteiger charge is -2.06. The lowest BCUT2D eigenvalue weighted by molar-refractivity contribution is 0.0518. The van der Waals surface area contributed by atoms with Crippen molar-refractivity contribution in [2.75, 3.05) is 6.61 Å². The topological polar surface area (TPSA) is 57.0 Å². The molecule has 0 amide bonds. The first-order chi connectivity index (χ1) is 9.65. The highest BCUT2D eigenvalue weighted by molar-refractivity contribution is 6.17. The van der Waals surface area contributed by atoms with E-state index in [0.29, 0.717) is 18.8 Å². The third-order valence-corrected chi connectivity index (χ3v) is 3.10. The van der Waals surface area contributed by atoms with Crippen molar-refractivity contribution in [3.63, 3.8) is 0 Å². The van der Waals surface area contributed by atoms with Gasteiger partial charge in [0.15, 0.2) is 5.69 Å². The van der Waals surface area contributed by atoms with Crippen LogP contribution < -0.4 is 0 Å². The second-order valence-electron chi connectivity index (χ2n) is 4.39. The van der Waals surface area contributed by atoms with E-state index < -0.39 is 5.97 Å². The molecule has 1 aromatic heterocycles. The summed E-state index contributed by atoms with van der Waals surface area (Å²) in [5.74, 6) is -0.328. The van der Waals surface area contributed by atoms with Gasteiger partial charge in [0, 0.05) is 0 Å². The molecule has 2 rings (SSSR count). The molecule has 2 aromatic rings. The Hall–Kier alpha value is -1.88. The maximum atomic E-state index is 11.7. The van der Waals surface area contributed by atoms with E-state index in [1.165, 1.54) is 5.56 Å². The predicted octanol–water partition coefficient (Wildman–Crippen LogP) is 2.55. The third-order valence-electron chi connectivity index (χ3n) is 2.85. The number of rotatable bonds is 5. The molecule has 6 heteroatoms. The molecule has 106 valence electrons. The van der Waals surface area contributed by atoms with Crippen molar-refractivity contribution in [1.82, 2.24) is 15.0 Å². The third kappa shape index (κ3) is 3.17. The first kappa shape index (κ1) is 14.5. The highest BCUT2D eigenvalue weighted by Crippen LogP contribution is 2.13. The van der Waals surface area contributed by atoms with E-state index in [1.807, 2.05) is 25.1 Å². The molecular weight excluding hydrogens is 278 g/mol. The molecule has 5 nitrogen and oxygen atoms in total. The highest BCUT2D eigenvalue weighted by Gasteiger charge is 2.20. The number of alkyl halides is 1. The van der Waals surface area contributed by atoms with Crippen LogP contribution in [0.4, 0.5) is 0 Å². The van der Waals surface area contributed by atoms with E-state index in [9.17, 15) is 4.79 Å². The summed E-state index contributed by atoms with van der Waals surface area (Å²) in [6.45, 7) is 4.59. The van der Waals surface area contributed by atoms with Gasteiger partial charge in [-0.05, 0) is 19.4 Å². The Balaban J connectivity index is 2.27. The Morgan fingerprint density at radius 1 is 1.45 bits per heavy atom. The number of nitrogens with zero attached hydrogens (tertiary/aromatic N) is 3. The van der Waals surface area contributed by atoms with Crippen LogP contribution in [0.15, 0.2) is 24.3 Å². The van der Waals surface area contributed by atoms with Gasteiger partial charge in [-0.25, -0.2) is 9.48 Å². The van der Waals surface area contributed by atoms with Crippen LogP contribution in [-0.4, -0.2) is 27.6 Å². The summed E-state index contributed by atoms with van der Waals surface area (Å²) >= 11 is 5.91. The fourth-order valence-corrected chi connectivity index (χ4v) is 2.20. The maximum Gasteiger partial charge on any atom is 0.360 e.